The highest BCUT2D eigenvalue weighted by atomic mass is 35.5. The Morgan fingerprint density at radius 2 is 1.88 bits per heavy atom. The van der Waals surface area contributed by atoms with Crippen molar-refractivity contribution in [3.63, 3.8) is 0 Å². The van der Waals surface area contributed by atoms with Crippen LogP contribution in [0.1, 0.15) is 32.6 Å². The molecule has 1 amide bonds. The fourth-order valence-electron chi connectivity index (χ4n) is 2.99. The number of likely N-dealkylation sites (tertiary alicyclic amines) is 1. The second-order valence-electron chi connectivity index (χ2n) is 6.35. The Balaban J connectivity index is 0.00000243. The summed E-state index contributed by atoms with van der Waals surface area (Å²) in [6.07, 6.45) is 5.07. The highest BCUT2D eigenvalue weighted by Crippen LogP contribution is 2.21. The summed E-state index contributed by atoms with van der Waals surface area (Å²) >= 11 is 0. The average Bonchev–Trinajstić information content (AvgIpc) is 3.09. The first kappa shape index (κ1) is 20.2. The van der Waals surface area contributed by atoms with Crippen LogP contribution in [0.4, 0.5) is 11.7 Å². The highest BCUT2D eigenvalue weighted by molar-refractivity contribution is 5.88. The maximum absolute atomic E-state index is 11.0. The Hall–Kier alpha value is -2.12. The van der Waals surface area contributed by atoms with Gasteiger partial charge >= 0.3 is 6.01 Å². The summed E-state index contributed by atoms with van der Waals surface area (Å²) in [5.41, 5.74) is 1.56. The number of carbonyl (C=O) groups excluding carboxylic acids is 1. The Labute approximate surface area is 160 Å². The maximum Gasteiger partial charge on any atom is 0.315 e. The Morgan fingerprint density at radius 3 is 2.58 bits per heavy atom. The Kier molecular flexibility index (Phi) is 7.87. The normalized spacial score (nSPS) is 14.5. The molecule has 2 heterocycles. The van der Waals surface area contributed by atoms with Crippen LogP contribution in [0.3, 0.4) is 0 Å². The third-order valence-electron chi connectivity index (χ3n) is 4.25. The molecule has 0 aliphatic carbocycles. The van der Waals surface area contributed by atoms with Crippen molar-refractivity contribution in [1.82, 2.24) is 15.1 Å². The fourth-order valence-corrected chi connectivity index (χ4v) is 2.99. The summed E-state index contributed by atoms with van der Waals surface area (Å²) < 4.78 is 5.65. The number of nitrogens with one attached hydrogen (secondary N) is 2. The van der Waals surface area contributed by atoms with E-state index in [2.05, 4.69) is 25.7 Å². The number of nitrogens with zero attached hydrogens (tertiary/aromatic N) is 3. The van der Waals surface area contributed by atoms with Crippen molar-refractivity contribution in [1.29, 1.82) is 0 Å². The molecule has 2 N–H and O–H groups in total. The molecular weight excluding hydrogens is 354 g/mol. The molecule has 1 fully saturated rings. The maximum atomic E-state index is 11.0. The number of carbonyl (C=O) groups is 1. The van der Waals surface area contributed by atoms with Crippen LogP contribution in [0, 0.1) is 0 Å². The summed E-state index contributed by atoms with van der Waals surface area (Å²) in [6.45, 7) is 5.85. The summed E-state index contributed by atoms with van der Waals surface area (Å²) in [4.78, 5) is 13.5. The zero-order valence-electron chi connectivity index (χ0n) is 15.0. The van der Waals surface area contributed by atoms with Gasteiger partial charge in [0.2, 0.25) is 11.8 Å². The zero-order chi connectivity index (χ0) is 17.5. The van der Waals surface area contributed by atoms with E-state index < -0.39 is 0 Å². The zero-order valence-corrected chi connectivity index (χ0v) is 15.8. The van der Waals surface area contributed by atoms with E-state index in [1.165, 1.54) is 39.3 Å². The van der Waals surface area contributed by atoms with Gasteiger partial charge in [-0.3, -0.25) is 4.79 Å². The van der Waals surface area contributed by atoms with E-state index in [0.717, 1.165) is 30.8 Å². The predicted molar refractivity (Wildman–Crippen MR) is 105 cm³/mol. The Morgan fingerprint density at radius 1 is 1.15 bits per heavy atom. The second-order valence-corrected chi connectivity index (χ2v) is 6.35. The van der Waals surface area contributed by atoms with E-state index >= 15 is 0 Å². The smallest absolute Gasteiger partial charge is 0.315 e. The van der Waals surface area contributed by atoms with Gasteiger partial charge in [0.1, 0.15) is 0 Å². The number of benzene rings is 1. The lowest BCUT2D eigenvalue weighted by molar-refractivity contribution is -0.114. The minimum Gasteiger partial charge on any atom is -0.403 e. The van der Waals surface area contributed by atoms with Crippen molar-refractivity contribution in [2.45, 2.75) is 32.6 Å². The van der Waals surface area contributed by atoms with Crippen LogP contribution >= 0.6 is 12.4 Å². The molecule has 0 spiro atoms. The quantitative estimate of drug-likeness (QED) is 0.717. The number of rotatable bonds is 7. The van der Waals surface area contributed by atoms with Crippen molar-refractivity contribution >= 4 is 30.0 Å². The van der Waals surface area contributed by atoms with Gasteiger partial charge < -0.3 is 20.0 Å². The predicted octanol–water partition coefficient (Wildman–Crippen LogP) is 3.40. The van der Waals surface area contributed by atoms with Crippen LogP contribution < -0.4 is 10.6 Å². The van der Waals surface area contributed by atoms with Crippen LogP contribution in [0.25, 0.3) is 11.5 Å². The van der Waals surface area contributed by atoms with E-state index in [1.807, 2.05) is 24.3 Å². The monoisotopic (exact) mass is 379 g/mol. The summed E-state index contributed by atoms with van der Waals surface area (Å²) in [5, 5.41) is 14.0. The third-order valence-corrected chi connectivity index (χ3v) is 4.25. The van der Waals surface area contributed by atoms with Crippen LogP contribution in [0.5, 0.6) is 0 Å². The first-order chi connectivity index (χ1) is 12.2. The van der Waals surface area contributed by atoms with E-state index in [9.17, 15) is 4.79 Å². The van der Waals surface area contributed by atoms with Gasteiger partial charge in [0.25, 0.3) is 0 Å². The number of piperidine rings is 1. The summed E-state index contributed by atoms with van der Waals surface area (Å²) in [7, 11) is 0. The first-order valence-corrected chi connectivity index (χ1v) is 8.88. The minimum atomic E-state index is -0.0958. The van der Waals surface area contributed by atoms with Gasteiger partial charge in [0, 0.05) is 24.7 Å². The molecule has 7 nitrogen and oxygen atoms in total. The lowest BCUT2D eigenvalue weighted by Gasteiger charge is -2.26. The molecule has 2 aromatic rings. The first-order valence-electron chi connectivity index (χ1n) is 8.88. The molecule has 1 aromatic carbocycles. The van der Waals surface area contributed by atoms with Gasteiger partial charge in [-0.05, 0) is 63.2 Å². The van der Waals surface area contributed by atoms with Gasteiger partial charge in [-0.25, -0.2) is 0 Å². The molecule has 0 unspecified atom stereocenters. The molecule has 1 aliphatic heterocycles. The standard InChI is InChI=1S/C18H25N5O2.ClH/c1-14(24)20-16-8-6-15(7-9-16)17-21-22-18(25-17)19-10-5-13-23-11-3-2-4-12-23;/h6-9H,2-5,10-13H2,1H3,(H,19,22)(H,20,24);1H. The number of halogens is 1. The molecule has 0 atom stereocenters. The van der Waals surface area contributed by atoms with E-state index in [-0.39, 0.29) is 18.3 Å². The van der Waals surface area contributed by atoms with Gasteiger partial charge in [-0.15, -0.1) is 17.5 Å². The number of hydrogen-bond donors (Lipinski definition) is 2. The lowest BCUT2D eigenvalue weighted by atomic mass is 10.1. The van der Waals surface area contributed by atoms with E-state index in [0.29, 0.717) is 11.9 Å². The molecule has 0 saturated carbocycles. The third kappa shape index (κ3) is 6.00. The molecule has 0 radical (unpaired) electrons. The van der Waals surface area contributed by atoms with Gasteiger partial charge in [0.15, 0.2) is 0 Å². The molecular formula is C18H26ClN5O2. The molecule has 1 aliphatic rings. The molecule has 26 heavy (non-hydrogen) atoms. The van der Waals surface area contributed by atoms with Crippen molar-refractivity contribution in [2.24, 2.45) is 0 Å². The van der Waals surface area contributed by atoms with Crippen molar-refractivity contribution < 1.29 is 9.21 Å². The van der Waals surface area contributed by atoms with Crippen LogP contribution in [0.15, 0.2) is 28.7 Å². The summed E-state index contributed by atoms with van der Waals surface area (Å²) in [5.74, 6) is 0.370. The second kappa shape index (κ2) is 10.1. The lowest BCUT2D eigenvalue weighted by Crippen LogP contribution is -2.31. The molecule has 142 valence electrons. The van der Waals surface area contributed by atoms with Crippen LogP contribution in [0.2, 0.25) is 0 Å². The van der Waals surface area contributed by atoms with E-state index in [4.69, 9.17) is 4.42 Å². The van der Waals surface area contributed by atoms with E-state index in [1.54, 1.807) is 0 Å². The largest absolute Gasteiger partial charge is 0.403 e. The number of hydrogen-bond acceptors (Lipinski definition) is 6. The number of anilines is 2. The van der Waals surface area contributed by atoms with Crippen molar-refractivity contribution in [3.8, 4) is 11.5 Å². The van der Waals surface area contributed by atoms with Crippen LogP contribution in [-0.2, 0) is 4.79 Å². The van der Waals surface area contributed by atoms with Crippen LogP contribution in [-0.4, -0.2) is 47.2 Å². The van der Waals surface area contributed by atoms with Crippen molar-refractivity contribution in [2.75, 3.05) is 36.8 Å². The minimum absolute atomic E-state index is 0. The van der Waals surface area contributed by atoms with Gasteiger partial charge in [0.05, 0.1) is 0 Å². The Bertz CT molecular complexity index is 683. The fraction of sp³-hybridized carbons (Fsp3) is 0.500. The molecule has 1 aromatic heterocycles. The number of aromatic nitrogens is 2. The molecule has 8 heteroatoms. The number of amides is 1. The highest BCUT2D eigenvalue weighted by Gasteiger charge is 2.10. The van der Waals surface area contributed by atoms with Gasteiger partial charge in [-0.1, -0.05) is 11.5 Å². The SMILES string of the molecule is CC(=O)Nc1ccc(-c2nnc(NCCCN3CCCCC3)o2)cc1.Cl. The average molecular weight is 380 g/mol. The topological polar surface area (TPSA) is 83.3 Å². The van der Waals surface area contributed by atoms with Crippen molar-refractivity contribution in [3.05, 3.63) is 24.3 Å². The molecule has 1 saturated heterocycles. The summed E-state index contributed by atoms with van der Waals surface area (Å²) in [6, 6.07) is 7.76. The van der Waals surface area contributed by atoms with Gasteiger partial charge in [-0.2, -0.15) is 0 Å². The molecule has 0 bridgehead atoms. The molecule has 3 rings (SSSR count).